The van der Waals surface area contributed by atoms with Gasteiger partial charge in [0.25, 0.3) is 0 Å². The van der Waals surface area contributed by atoms with Crippen LogP contribution in [-0.2, 0) is 0 Å². The summed E-state index contributed by atoms with van der Waals surface area (Å²) >= 11 is 0. The van der Waals surface area contributed by atoms with Gasteiger partial charge < -0.3 is 24.8 Å². The predicted molar refractivity (Wildman–Crippen MR) is 134 cm³/mol. The lowest BCUT2D eigenvalue weighted by molar-refractivity contribution is -0.00571. The molecule has 2 aliphatic heterocycles. The lowest BCUT2D eigenvalue weighted by atomic mass is 9.77. The molecule has 0 saturated heterocycles. The average molecular weight is 472 g/mol. The SMILES string of the molecule is CC1=C(C(C2=C(O)c3cc(C)cc(C)c3OC2O)c2cccnc2)C(O)Oc2c(C)cc(C)cc21. The Morgan fingerprint density at radius 2 is 1.37 bits per heavy atom. The van der Waals surface area contributed by atoms with Crippen molar-refractivity contribution in [2.75, 3.05) is 0 Å². The number of hydrogen-bond donors (Lipinski definition) is 3. The maximum absolute atomic E-state index is 11.5. The Morgan fingerprint density at radius 3 is 1.97 bits per heavy atom. The fourth-order valence-corrected chi connectivity index (χ4v) is 5.35. The molecule has 1 aromatic heterocycles. The zero-order valence-electron chi connectivity index (χ0n) is 20.5. The fraction of sp³-hybridized carbons (Fsp3) is 0.276. The first kappa shape index (κ1) is 23.1. The molecule has 3 aromatic rings. The lowest BCUT2D eigenvalue weighted by Crippen LogP contribution is -2.34. The number of ether oxygens (including phenoxy) is 2. The largest absolute Gasteiger partial charge is 0.507 e. The molecular formula is C29H29NO5. The van der Waals surface area contributed by atoms with E-state index in [0.717, 1.165) is 33.4 Å². The maximum atomic E-state index is 11.5. The summed E-state index contributed by atoms with van der Waals surface area (Å²) in [7, 11) is 0. The quantitative estimate of drug-likeness (QED) is 0.482. The third-order valence-electron chi connectivity index (χ3n) is 6.83. The Balaban J connectivity index is 1.80. The number of hydrogen-bond acceptors (Lipinski definition) is 6. The third-order valence-corrected chi connectivity index (χ3v) is 6.83. The average Bonchev–Trinajstić information content (AvgIpc) is 2.80. The zero-order valence-corrected chi connectivity index (χ0v) is 20.5. The normalized spacial score (nSPS) is 20.1. The summed E-state index contributed by atoms with van der Waals surface area (Å²) in [6.07, 6.45) is 0.602. The first-order valence-electron chi connectivity index (χ1n) is 11.6. The Morgan fingerprint density at radius 1 is 0.800 bits per heavy atom. The van der Waals surface area contributed by atoms with Crippen LogP contribution >= 0.6 is 0 Å². The molecule has 0 bridgehead atoms. The minimum absolute atomic E-state index is 0.0712. The van der Waals surface area contributed by atoms with Gasteiger partial charge >= 0.3 is 0 Å². The van der Waals surface area contributed by atoms with Gasteiger partial charge in [-0.3, -0.25) is 4.98 Å². The number of aryl methyl sites for hydroxylation is 4. The van der Waals surface area contributed by atoms with Crippen molar-refractivity contribution >= 4 is 11.3 Å². The van der Waals surface area contributed by atoms with Crippen molar-refractivity contribution in [3.63, 3.8) is 0 Å². The summed E-state index contributed by atoms with van der Waals surface area (Å²) in [5.41, 5.74) is 7.42. The van der Waals surface area contributed by atoms with Crippen LogP contribution < -0.4 is 9.47 Å². The number of rotatable bonds is 3. The molecule has 0 amide bonds. The van der Waals surface area contributed by atoms with Crippen molar-refractivity contribution in [3.05, 3.63) is 98.9 Å². The topological polar surface area (TPSA) is 92.0 Å². The molecule has 6 nitrogen and oxygen atoms in total. The highest BCUT2D eigenvalue weighted by atomic mass is 16.6. The standard InChI is InChI=1S/C29H29NO5/c1-14-9-16(3)26-20(11-14)18(5)22(28(32)34-26)23(19-7-6-8-30-13-19)24-25(31)21-12-15(2)10-17(4)27(21)35-29(24)33/h6-13,23,28-29,31-33H,1-5H3. The molecule has 0 aliphatic carbocycles. The summed E-state index contributed by atoms with van der Waals surface area (Å²) in [6.45, 7) is 9.71. The Labute approximate surface area is 204 Å². The highest BCUT2D eigenvalue weighted by molar-refractivity contribution is 5.80. The second-order valence-corrected chi connectivity index (χ2v) is 9.46. The van der Waals surface area contributed by atoms with Crippen molar-refractivity contribution in [1.29, 1.82) is 0 Å². The Kier molecular flexibility index (Phi) is 5.66. The molecule has 0 spiro atoms. The molecule has 35 heavy (non-hydrogen) atoms. The van der Waals surface area contributed by atoms with Crippen LogP contribution in [0.25, 0.3) is 11.3 Å². The summed E-state index contributed by atoms with van der Waals surface area (Å²) in [5.74, 6) is 0.260. The van der Waals surface area contributed by atoms with Crippen LogP contribution in [0.4, 0.5) is 0 Å². The van der Waals surface area contributed by atoms with Crippen LogP contribution in [0.2, 0.25) is 0 Å². The van der Waals surface area contributed by atoms with Crippen LogP contribution in [-0.4, -0.2) is 32.9 Å². The number of allylic oxidation sites excluding steroid dienone is 1. The minimum atomic E-state index is -1.43. The van der Waals surface area contributed by atoms with Crippen LogP contribution in [0.15, 0.2) is 59.9 Å². The van der Waals surface area contributed by atoms with E-state index in [2.05, 4.69) is 4.98 Å². The Hall–Kier alpha value is -3.61. The number of benzene rings is 2. The highest BCUT2D eigenvalue weighted by Gasteiger charge is 2.41. The monoisotopic (exact) mass is 471 g/mol. The van der Waals surface area contributed by atoms with Gasteiger partial charge in [0.1, 0.15) is 17.3 Å². The van der Waals surface area contributed by atoms with Crippen LogP contribution in [0.5, 0.6) is 11.5 Å². The summed E-state index contributed by atoms with van der Waals surface area (Å²) in [5, 5.41) is 34.0. The first-order valence-corrected chi connectivity index (χ1v) is 11.6. The van der Waals surface area contributed by atoms with Crippen LogP contribution in [0, 0.1) is 27.7 Å². The van der Waals surface area contributed by atoms with Gasteiger partial charge in [0.05, 0.1) is 11.1 Å². The van der Waals surface area contributed by atoms with E-state index >= 15 is 0 Å². The van der Waals surface area contributed by atoms with Crippen molar-refractivity contribution < 1.29 is 24.8 Å². The molecular weight excluding hydrogens is 442 g/mol. The summed E-state index contributed by atoms with van der Waals surface area (Å²) in [4.78, 5) is 4.27. The molecule has 3 unspecified atom stereocenters. The molecule has 3 atom stereocenters. The van der Waals surface area contributed by atoms with Gasteiger partial charge in [-0.1, -0.05) is 18.2 Å². The van der Waals surface area contributed by atoms with Gasteiger partial charge in [0, 0.05) is 29.4 Å². The van der Waals surface area contributed by atoms with Gasteiger partial charge in [0.15, 0.2) is 0 Å². The number of nitrogens with zero attached hydrogens (tertiary/aromatic N) is 1. The van der Waals surface area contributed by atoms with Gasteiger partial charge in [-0.25, -0.2) is 0 Å². The Bertz CT molecular complexity index is 1300. The molecule has 3 N–H and O–H groups in total. The molecule has 6 heteroatoms. The number of aromatic nitrogens is 1. The molecule has 2 aliphatic rings. The molecule has 0 fully saturated rings. The second-order valence-electron chi connectivity index (χ2n) is 9.46. The predicted octanol–water partition coefficient (Wildman–Crippen LogP) is 5.26. The number of pyridine rings is 1. The van der Waals surface area contributed by atoms with Gasteiger partial charge in [0.2, 0.25) is 12.6 Å². The van der Waals surface area contributed by atoms with E-state index in [-0.39, 0.29) is 11.3 Å². The van der Waals surface area contributed by atoms with Crippen molar-refractivity contribution in [2.45, 2.75) is 53.1 Å². The second kappa shape index (κ2) is 8.56. The molecule has 3 heterocycles. The maximum Gasteiger partial charge on any atom is 0.225 e. The molecule has 180 valence electrons. The molecule has 0 saturated carbocycles. The molecule has 5 rings (SSSR count). The summed E-state index contributed by atoms with van der Waals surface area (Å²) < 4.78 is 12.0. The van der Waals surface area contributed by atoms with E-state index < -0.39 is 18.5 Å². The summed E-state index contributed by atoms with van der Waals surface area (Å²) in [6, 6.07) is 11.4. The van der Waals surface area contributed by atoms with Crippen LogP contribution in [0.3, 0.4) is 0 Å². The lowest BCUT2D eigenvalue weighted by Gasteiger charge is -2.37. The van der Waals surface area contributed by atoms with Crippen molar-refractivity contribution in [3.8, 4) is 11.5 Å². The van der Waals surface area contributed by atoms with E-state index in [1.165, 1.54) is 0 Å². The number of aliphatic hydroxyl groups excluding tert-OH is 3. The zero-order chi connectivity index (χ0) is 25.0. The van der Waals surface area contributed by atoms with Crippen molar-refractivity contribution in [2.24, 2.45) is 0 Å². The van der Waals surface area contributed by atoms with E-state index in [1.54, 1.807) is 18.5 Å². The van der Waals surface area contributed by atoms with Crippen molar-refractivity contribution in [1.82, 2.24) is 4.98 Å². The highest BCUT2D eigenvalue weighted by Crippen LogP contribution is 2.49. The van der Waals surface area contributed by atoms with Gasteiger partial charge in [-0.05, 0) is 86.2 Å². The number of fused-ring (bicyclic) bond motifs is 2. The third kappa shape index (κ3) is 3.79. The fourth-order valence-electron chi connectivity index (χ4n) is 5.35. The van der Waals surface area contributed by atoms with Gasteiger partial charge in [-0.2, -0.15) is 0 Å². The minimum Gasteiger partial charge on any atom is -0.507 e. The van der Waals surface area contributed by atoms with E-state index in [4.69, 9.17) is 9.47 Å². The van der Waals surface area contributed by atoms with E-state index in [1.807, 2.05) is 65.0 Å². The number of aliphatic hydroxyl groups is 3. The molecule has 2 aromatic carbocycles. The van der Waals surface area contributed by atoms with Gasteiger partial charge in [-0.15, -0.1) is 0 Å². The van der Waals surface area contributed by atoms with E-state index in [9.17, 15) is 15.3 Å². The van der Waals surface area contributed by atoms with Crippen LogP contribution in [0.1, 0.15) is 51.8 Å². The smallest absolute Gasteiger partial charge is 0.225 e. The molecule has 0 radical (unpaired) electrons. The first-order chi connectivity index (χ1) is 16.7. The van der Waals surface area contributed by atoms with E-state index in [0.29, 0.717) is 28.2 Å².